The Morgan fingerprint density at radius 1 is 1.42 bits per heavy atom. The number of pyridine rings is 1. The molecule has 0 bridgehead atoms. The van der Waals surface area contributed by atoms with E-state index in [1.54, 1.807) is 19.5 Å². The van der Waals surface area contributed by atoms with Gasteiger partial charge in [-0.1, -0.05) is 13.0 Å². The van der Waals surface area contributed by atoms with Crippen molar-refractivity contribution >= 4 is 0 Å². The largest absolute Gasteiger partial charge is 0.493 e. The molecule has 0 aliphatic rings. The summed E-state index contributed by atoms with van der Waals surface area (Å²) in [6.07, 6.45) is 7.06. The molecule has 0 aliphatic heterocycles. The molecule has 2 N–H and O–H groups in total. The lowest BCUT2D eigenvalue weighted by Crippen LogP contribution is -2.19. The first kappa shape index (κ1) is 13.5. The third kappa shape index (κ3) is 3.12. The van der Waals surface area contributed by atoms with Crippen molar-refractivity contribution in [3.05, 3.63) is 42.0 Å². The number of hydrogen-bond acceptors (Lipinski definition) is 4. The lowest BCUT2D eigenvalue weighted by atomic mass is 10.1. The van der Waals surface area contributed by atoms with Gasteiger partial charge >= 0.3 is 0 Å². The summed E-state index contributed by atoms with van der Waals surface area (Å²) in [6.45, 7) is 2.96. The summed E-state index contributed by atoms with van der Waals surface area (Å²) in [5.41, 5.74) is 8.37. The average molecular weight is 260 g/mol. The molecule has 0 spiro atoms. The van der Waals surface area contributed by atoms with Gasteiger partial charge in [0.05, 0.1) is 25.0 Å². The third-order valence-electron chi connectivity index (χ3n) is 3.03. The Morgan fingerprint density at radius 2 is 2.26 bits per heavy atom. The molecular weight excluding hydrogens is 240 g/mol. The minimum Gasteiger partial charge on any atom is -0.493 e. The molecule has 0 aliphatic carbocycles. The summed E-state index contributed by atoms with van der Waals surface area (Å²) in [5.74, 6) is 0.754. The molecule has 102 valence electrons. The molecule has 0 radical (unpaired) electrons. The zero-order valence-electron chi connectivity index (χ0n) is 11.4. The summed E-state index contributed by atoms with van der Waals surface area (Å²) in [6, 6.07) is 3.80. The number of methoxy groups -OCH3 is 1. The van der Waals surface area contributed by atoms with Crippen LogP contribution in [0.1, 0.15) is 30.6 Å². The van der Waals surface area contributed by atoms with Crippen LogP contribution in [-0.4, -0.2) is 21.9 Å². The van der Waals surface area contributed by atoms with E-state index in [1.807, 2.05) is 23.0 Å². The monoisotopic (exact) mass is 260 g/mol. The van der Waals surface area contributed by atoms with Gasteiger partial charge in [0.1, 0.15) is 0 Å². The Kier molecular flexibility index (Phi) is 4.52. The molecule has 0 saturated heterocycles. The Morgan fingerprint density at radius 3 is 2.89 bits per heavy atom. The maximum Gasteiger partial charge on any atom is 0.161 e. The lowest BCUT2D eigenvalue weighted by Gasteiger charge is -2.15. The van der Waals surface area contributed by atoms with Gasteiger partial charge in [0.2, 0.25) is 0 Å². The molecule has 2 heterocycles. The second-order valence-corrected chi connectivity index (χ2v) is 4.49. The van der Waals surface area contributed by atoms with Crippen LogP contribution in [0.3, 0.4) is 0 Å². The van der Waals surface area contributed by atoms with Gasteiger partial charge < -0.3 is 10.5 Å². The van der Waals surface area contributed by atoms with E-state index in [0.29, 0.717) is 0 Å². The normalized spacial score (nSPS) is 12.4. The van der Waals surface area contributed by atoms with Gasteiger partial charge in [0, 0.05) is 18.9 Å². The van der Waals surface area contributed by atoms with E-state index in [1.165, 1.54) is 0 Å². The van der Waals surface area contributed by atoms with E-state index in [-0.39, 0.29) is 6.04 Å². The highest BCUT2D eigenvalue weighted by Gasteiger charge is 2.18. The Bertz CT molecular complexity index is 509. The van der Waals surface area contributed by atoms with Crippen LogP contribution >= 0.6 is 0 Å². The lowest BCUT2D eigenvalue weighted by molar-refractivity contribution is 0.400. The molecule has 5 nitrogen and oxygen atoms in total. The summed E-state index contributed by atoms with van der Waals surface area (Å²) >= 11 is 0. The van der Waals surface area contributed by atoms with Crippen LogP contribution in [0.2, 0.25) is 0 Å². The number of aryl methyl sites for hydroxylation is 1. The Labute approximate surface area is 113 Å². The number of nitrogens with two attached hydrogens (primary N) is 1. The van der Waals surface area contributed by atoms with Crippen molar-refractivity contribution in [3.8, 4) is 5.75 Å². The summed E-state index contributed by atoms with van der Waals surface area (Å²) in [5, 5.41) is 4.34. The first-order chi connectivity index (χ1) is 9.26. The highest BCUT2D eigenvalue weighted by atomic mass is 16.5. The van der Waals surface area contributed by atoms with Crippen molar-refractivity contribution < 1.29 is 4.74 Å². The van der Waals surface area contributed by atoms with Crippen molar-refractivity contribution in [3.63, 3.8) is 0 Å². The van der Waals surface area contributed by atoms with E-state index >= 15 is 0 Å². The van der Waals surface area contributed by atoms with Crippen molar-refractivity contribution in [1.29, 1.82) is 0 Å². The van der Waals surface area contributed by atoms with Gasteiger partial charge in [-0.25, -0.2) is 0 Å². The minimum absolute atomic E-state index is 0.145. The van der Waals surface area contributed by atoms with Gasteiger partial charge in [-0.2, -0.15) is 5.10 Å². The number of rotatable bonds is 6. The van der Waals surface area contributed by atoms with E-state index in [4.69, 9.17) is 10.5 Å². The molecule has 1 unspecified atom stereocenters. The smallest absolute Gasteiger partial charge is 0.161 e. The molecule has 2 rings (SSSR count). The first-order valence-electron chi connectivity index (χ1n) is 6.50. The average Bonchev–Trinajstić information content (AvgIpc) is 2.83. The molecule has 2 aromatic rings. The topological polar surface area (TPSA) is 66.0 Å². The van der Waals surface area contributed by atoms with Gasteiger partial charge in [-0.15, -0.1) is 0 Å². The van der Waals surface area contributed by atoms with Crippen LogP contribution in [0.25, 0.3) is 0 Å². The number of ether oxygens (including phenoxy) is 1. The fourth-order valence-corrected chi connectivity index (χ4v) is 2.17. The predicted octanol–water partition coefficient (Wildman–Crippen LogP) is 1.94. The predicted molar refractivity (Wildman–Crippen MR) is 73.9 cm³/mol. The quantitative estimate of drug-likeness (QED) is 0.862. The van der Waals surface area contributed by atoms with Gasteiger partial charge in [-0.05, 0) is 24.5 Å². The molecule has 0 aromatic carbocycles. The van der Waals surface area contributed by atoms with E-state index < -0.39 is 0 Å². The fourth-order valence-electron chi connectivity index (χ4n) is 2.17. The van der Waals surface area contributed by atoms with E-state index in [9.17, 15) is 0 Å². The summed E-state index contributed by atoms with van der Waals surface area (Å²) in [4.78, 5) is 4.11. The minimum atomic E-state index is -0.145. The molecule has 19 heavy (non-hydrogen) atoms. The van der Waals surface area contributed by atoms with E-state index in [2.05, 4.69) is 17.0 Å². The van der Waals surface area contributed by atoms with Crippen LogP contribution in [0.15, 0.2) is 30.7 Å². The maximum absolute atomic E-state index is 6.31. The van der Waals surface area contributed by atoms with Crippen molar-refractivity contribution in [2.75, 3.05) is 7.11 Å². The molecule has 0 saturated carbocycles. The van der Waals surface area contributed by atoms with Gasteiger partial charge in [0.25, 0.3) is 0 Å². The van der Waals surface area contributed by atoms with Crippen molar-refractivity contribution in [2.24, 2.45) is 5.73 Å². The van der Waals surface area contributed by atoms with Crippen LogP contribution in [0.4, 0.5) is 0 Å². The molecular formula is C14H20N4O. The highest BCUT2D eigenvalue weighted by molar-refractivity contribution is 5.29. The molecule has 0 amide bonds. The number of aromatic nitrogens is 3. The third-order valence-corrected chi connectivity index (χ3v) is 3.03. The Balaban J connectivity index is 2.22. The fraction of sp³-hybridized carbons (Fsp3) is 0.429. The van der Waals surface area contributed by atoms with E-state index in [0.717, 1.165) is 36.4 Å². The van der Waals surface area contributed by atoms with Gasteiger partial charge in [-0.3, -0.25) is 9.67 Å². The second-order valence-electron chi connectivity index (χ2n) is 4.49. The zero-order valence-corrected chi connectivity index (χ0v) is 11.4. The highest BCUT2D eigenvalue weighted by Crippen LogP contribution is 2.26. The number of hydrogen-bond donors (Lipinski definition) is 1. The van der Waals surface area contributed by atoms with Crippen molar-refractivity contribution in [2.45, 2.75) is 32.4 Å². The maximum atomic E-state index is 6.31. The number of nitrogens with zero attached hydrogens (tertiary/aromatic N) is 3. The Hall–Kier alpha value is -1.88. The van der Waals surface area contributed by atoms with Crippen LogP contribution in [0, 0.1) is 0 Å². The summed E-state index contributed by atoms with van der Waals surface area (Å²) < 4.78 is 7.28. The van der Waals surface area contributed by atoms with Crippen LogP contribution < -0.4 is 10.5 Å². The van der Waals surface area contributed by atoms with Crippen molar-refractivity contribution in [1.82, 2.24) is 14.8 Å². The second kappa shape index (κ2) is 6.33. The first-order valence-corrected chi connectivity index (χ1v) is 6.50. The standard InChI is InChI=1S/C14H20N4O/c1-3-7-18-14(13(19-2)10-17-18)12(15)8-11-5-4-6-16-9-11/h4-6,9-10,12H,3,7-8,15H2,1-2H3. The summed E-state index contributed by atoms with van der Waals surface area (Å²) in [7, 11) is 1.65. The zero-order chi connectivity index (χ0) is 13.7. The molecule has 1 atom stereocenters. The SMILES string of the molecule is CCCn1ncc(OC)c1C(N)Cc1cccnc1. The van der Waals surface area contributed by atoms with Gasteiger partial charge in [0.15, 0.2) is 5.75 Å². The molecule has 2 aromatic heterocycles. The molecule has 5 heteroatoms. The van der Waals surface area contributed by atoms with Crippen LogP contribution in [0.5, 0.6) is 5.75 Å². The molecule has 0 fully saturated rings. The van der Waals surface area contributed by atoms with Crippen LogP contribution in [-0.2, 0) is 13.0 Å².